The zero-order chi connectivity index (χ0) is 31.0. The molecule has 0 radical (unpaired) electrons. The number of carbonyl (C=O) groups is 2. The van der Waals surface area contributed by atoms with E-state index in [1.54, 1.807) is 9.34 Å². The first-order valence-corrected chi connectivity index (χ1v) is 17.3. The number of nitrogens with one attached hydrogen (secondary N) is 2. The molecule has 2 unspecified atom stereocenters. The summed E-state index contributed by atoms with van der Waals surface area (Å²) in [4.78, 5) is 28.8. The first kappa shape index (κ1) is 28.3. The molecule has 10 heteroatoms. The molecule has 0 aromatic heterocycles. The number of hydrogen-bond donors (Lipinski definition) is 2. The molecule has 0 aliphatic carbocycles. The van der Waals surface area contributed by atoms with Gasteiger partial charge in [-0.25, -0.2) is 0 Å². The van der Waals surface area contributed by atoms with Crippen molar-refractivity contribution in [3.8, 4) is 11.5 Å². The van der Waals surface area contributed by atoms with E-state index in [0.29, 0.717) is 22.6 Å². The summed E-state index contributed by atoms with van der Waals surface area (Å²) in [7, 11) is -3.27. The Morgan fingerprint density at radius 3 is 1.30 bits per heavy atom. The zero-order valence-corrected chi connectivity index (χ0v) is 26.3. The molecule has 2 N–H and O–H groups in total. The van der Waals surface area contributed by atoms with Gasteiger partial charge in [-0.05, 0) is 57.9 Å². The van der Waals surface area contributed by atoms with Gasteiger partial charge in [-0.2, -0.15) is 0 Å². The van der Waals surface area contributed by atoms with Crippen molar-refractivity contribution in [2.75, 3.05) is 23.3 Å². The number of nitrogens with zero attached hydrogens (tertiary/aromatic N) is 2. The summed E-state index contributed by atoms with van der Waals surface area (Å²) < 4.78 is 16.5. The Bertz CT molecular complexity index is 1950. The Labute approximate surface area is 268 Å². The summed E-state index contributed by atoms with van der Waals surface area (Å²) in [6.45, 7) is 0.440. The van der Waals surface area contributed by atoms with Crippen LogP contribution in [0.3, 0.4) is 0 Å². The summed E-state index contributed by atoms with van der Waals surface area (Å²) in [6.07, 6.45) is 0. The molecule has 2 aliphatic heterocycles. The minimum Gasteiger partial charge on any atom is -0.436 e. The molecule has 6 aromatic rings. The Balaban J connectivity index is 1.16. The van der Waals surface area contributed by atoms with Crippen LogP contribution in [0.4, 0.5) is 11.4 Å². The van der Waals surface area contributed by atoms with E-state index in [2.05, 4.69) is 10.2 Å². The van der Waals surface area contributed by atoms with Gasteiger partial charge >= 0.3 is 16.9 Å². The van der Waals surface area contributed by atoms with Crippen molar-refractivity contribution < 1.29 is 18.6 Å². The van der Waals surface area contributed by atoms with Gasteiger partial charge in [0.2, 0.25) is 0 Å². The Morgan fingerprint density at radius 1 is 0.478 bits per heavy atom. The summed E-state index contributed by atoms with van der Waals surface area (Å²) in [5.74, 6) is 0.786. The van der Waals surface area contributed by atoms with Gasteiger partial charge in [0.15, 0.2) is 0 Å². The zero-order valence-electron chi connectivity index (χ0n) is 24.5. The largest absolute Gasteiger partial charge is 0.436 e. The number of benzene rings is 6. The van der Waals surface area contributed by atoms with Gasteiger partial charge in [0, 0.05) is 24.5 Å². The maximum absolute atomic E-state index is 14.4. The monoisotopic (exact) mass is 642 g/mol. The lowest BCUT2D eigenvalue weighted by molar-refractivity contribution is 0.0792. The number of carbonyl (C=O) groups excluding carboxylic acids is 2. The maximum atomic E-state index is 14.4. The van der Waals surface area contributed by atoms with Crippen molar-refractivity contribution in [1.82, 2.24) is 9.34 Å². The average molecular weight is 643 g/mol. The molecule has 2 heterocycles. The predicted octanol–water partition coefficient (Wildman–Crippen LogP) is 9.04. The Hall–Kier alpha value is -5.16. The molecular weight excluding hydrogens is 614 g/mol. The molecule has 46 heavy (non-hydrogen) atoms. The van der Waals surface area contributed by atoms with E-state index in [1.165, 1.54) is 0 Å². The number of hydrogen-bond acceptors (Lipinski definition) is 6. The van der Waals surface area contributed by atoms with Gasteiger partial charge in [0.25, 0.3) is 11.8 Å². The van der Waals surface area contributed by atoms with Crippen LogP contribution < -0.4 is 19.2 Å². The predicted molar refractivity (Wildman–Crippen MR) is 185 cm³/mol. The number of anilines is 2. The molecule has 6 aromatic carbocycles. The Morgan fingerprint density at radius 2 is 0.870 bits per heavy atom. The number of amides is 2. The molecule has 0 spiro atoms. The molecule has 8 rings (SSSR count). The third-order valence-electron chi connectivity index (χ3n) is 8.01. The van der Waals surface area contributed by atoms with Gasteiger partial charge < -0.3 is 19.2 Å². The summed E-state index contributed by atoms with van der Waals surface area (Å²) in [5.41, 5.74) is 2.71. The van der Waals surface area contributed by atoms with Crippen LogP contribution in [0.15, 0.2) is 133 Å². The molecule has 2 amide bonds. The molecule has 226 valence electrons. The van der Waals surface area contributed by atoms with E-state index in [9.17, 15) is 9.59 Å². The normalized spacial score (nSPS) is 17.2. The first-order valence-electron chi connectivity index (χ1n) is 14.9. The number of para-hydroxylation sites is 2. The Kier molecular flexibility index (Phi) is 7.37. The van der Waals surface area contributed by atoms with Crippen LogP contribution in [-0.2, 0) is 0 Å². The molecule has 0 fully saturated rings. The van der Waals surface area contributed by atoms with Crippen LogP contribution in [0.5, 0.6) is 11.5 Å². The molecule has 2 aliphatic rings. The fourth-order valence-corrected chi connectivity index (χ4v) is 8.81. The average Bonchev–Trinajstić information content (AvgIpc) is 3.09. The van der Waals surface area contributed by atoms with Gasteiger partial charge in [0.05, 0.1) is 11.1 Å². The molecule has 8 nitrogen and oxygen atoms in total. The molecule has 0 saturated carbocycles. The maximum Gasteiger partial charge on any atom is 0.309 e. The fraction of sp³-hybridized carbons (Fsp3) is 0.0556. The van der Waals surface area contributed by atoms with E-state index in [4.69, 9.17) is 9.05 Å². The number of rotatable bonds is 7. The van der Waals surface area contributed by atoms with Crippen molar-refractivity contribution in [3.63, 3.8) is 0 Å². The highest BCUT2D eigenvalue weighted by Crippen LogP contribution is 2.53. The second kappa shape index (κ2) is 12.0. The van der Waals surface area contributed by atoms with Crippen molar-refractivity contribution in [3.05, 3.63) is 145 Å². The van der Waals surface area contributed by atoms with E-state index in [0.717, 1.165) is 32.9 Å². The summed E-state index contributed by atoms with van der Waals surface area (Å²) in [6, 6.07) is 42.7. The van der Waals surface area contributed by atoms with Gasteiger partial charge in [0.1, 0.15) is 11.5 Å². The third kappa shape index (κ3) is 5.16. The molecular formula is C36H28N4O4P2. The minimum absolute atomic E-state index is 0.149. The lowest BCUT2D eigenvalue weighted by Crippen LogP contribution is -2.42. The SMILES string of the molecule is O=C1c2c(ccc3ccccc23)OP(Nc2ccccc2)N1CCN1C(=O)c2c(ccc3ccccc23)OP1Nc1ccccc1. The number of fused-ring (bicyclic) bond motifs is 6. The van der Waals surface area contributed by atoms with Crippen molar-refractivity contribution in [2.24, 2.45) is 0 Å². The third-order valence-corrected chi connectivity index (χ3v) is 11.3. The lowest BCUT2D eigenvalue weighted by Gasteiger charge is -2.39. The van der Waals surface area contributed by atoms with Gasteiger partial charge in [-0.15, -0.1) is 0 Å². The van der Waals surface area contributed by atoms with Crippen LogP contribution >= 0.6 is 16.9 Å². The quantitative estimate of drug-likeness (QED) is 0.169. The second-order valence-electron chi connectivity index (χ2n) is 10.9. The fourth-order valence-electron chi connectivity index (χ4n) is 5.79. The smallest absolute Gasteiger partial charge is 0.309 e. The summed E-state index contributed by atoms with van der Waals surface area (Å²) in [5, 5.41) is 10.5. The minimum atomic E-state index is -1.64. The van der Waals surface area contributed by atoms with Crippen LogP contribution in [0.1, 0.15) is 20.7 Å². The van der Waals surface area contributed by atoms with Crippen molar-refractivity contribution in [1.29, 1.82) is 0 Å². The highest BCUT2D eigenvalue weighted by Gasteiger charge is 2.41. The van der Waals surface area contributed by atoms with E-state index in [-0.39, 0.29) is 24.9 Å². The van der Waals surface area contributed by atoms with E-state index < -0.39 is 16.9 Å². The standard InChI is InChI=1S/C36H28N4O4P2/c41-35-33-29-17-9-7-11-25(29)19-21-31(33)43-45(37-27-13-3-1-4-14-27)39(35)23-24-40-36(42)34-30-18-10-8-12-26(30)20-22-32(34)44-46(40)38-28-15-5-2-6-16-28/h1-22,37-38H,23-24H2. The summed E-state index contributed by atoms with van der Waals surface area (Å²) >= 11 is 0. The lowest BCUT2D eigenvalue weighted by atomic mass is 10.0. The van der Waals surface area contributed by atoms with Crippen LogP contribution in [-0.4, -0.2) is 34.2 Å². The van der Waals surface area contributed by atoms with Crippen molar-refractivity contribution in [2.45, 2.75) is 0 Å². The highest BCUT2D eigenvalue weighted by molar-refractivity contribution is 7.53. The van der Waals surface area contributed by atoms with Crippen LogP contribution in [0.2, 0.25) is 0 Å². The van der Waals surface area contributed by atoms with Crippen LogP contribution in [0.25, 0.3) is 21.5 Å². The second-order valence-corrected chi connectivity index (χ2v) is 13.7. The topological polar surface area (TPSA) is 83.1 Å². The van der Waals surface area contributed by atoms with Gasteiger partial charge in [-0.3, -0.25) is 18.9 Å². The van der Waals surface area contributed by atoms with Gasteiger partial charge in [-0.1, -0.05) is 97.1 Å². The van der Waals surface area contributed by atoms with Crippen LogP contribution in [0, 0.1) is 0 Å². The molecule has 2 atom stereocenters. The van der Waals surface area contributed by atoms with E-state index >= 15 is 0 Å². The first-order chi connectivity index (χ1) is 22.6. The molecule has 0 saturated heterocycles. The van der Waals surface area contributed by atoms with Crippen molar-refractivity contribution >= 4 is 61.6 Å². The van der Waals surface area contributed by atoms with E-state index in [1.807, 2.05) is 133 Å². The molecule has 0 bridgehead atoms. The highest BCUT2D eigenvalue weighted by atomic mass is 31.2.